The molecule has 3 heterocycles. The molecule has 2 N–H and O–H groups in total. The minimum Gasteiger partial charge on any atom is -0.497 e. The molecule has 1 aliphatic rings. The minimum atomic E-state index is -0.139. The minimum absolute atomic E-state index is 0.139. The van der Waals surface area contributed by atoms with Crippen LogP contribution in [-0.2, 0) is 13.1 Å². The molecule has 1 aliphatic heterocycles. The molecule has 148 valence electrons. The maximum atomic E-state index is 12.5. The number of aromatic amines is 1. The van der Waals surface area contributed by atoms with E-state index < -0.39 is 0 Å². The van der Waals surface area contributed by atoms with Crippen LogP contribution in [0.3, 0.4) is 0 Å². The van der Waals surface area contributed by atoms with Crippen molar-refractivity contribution in [2.24, 2.45) is 0 Å². The quantitative estimate of drug-likeness (QED) is 0.681. The lowest BCUT2D eigenvalue weighted by atomic mass is 10.2. The van der Waals surface area contributed by atoms with Gasteiger partial charge in [0.1, 0.15) is 5.75 Å². The Morgan fingerprint density at radius 3 is 2.57 bits per heavy atom. The van der Waals surface area contributed by atoms with E-state index in [1.165, 1.54) is 30.2 Å². The number of hydrogen-bond donors (Lipinski definition) is 2. The third-order valence-corrected chi connectivity index (χ3v) is 5.09. The fourth-order valence-electron chi connectivity index (χ4n) is 3.54. The Labute approximate surface area is 163 Å². The van der Waals surface area contributed by atoms with Gasteiger partial charge in [0.05, 0.1) is 12.8 Å². The van der Waals surface area contributed by atoms with E-state index in [2.05, 4.69) is 25.3 Å². The predicted molar refractivity (Wildman–Crippen MR) is 108 cm³/mol. The molecule has 1 fully saturated rings. The number of fused-ring (bicyclic) bond motifs is 1. The van der Waals surface area contributed by atoms with Crippen LogP contribution in [0.4, 0.5) is 5.95 Å². The maximum Gasteiger partial charge on any atom is 0.274 e. The fraction of sp³-hybridized carbons (Fsp3) is 0.450. The monoisotopic (exact) mass is 382 g/mol. The van der Waals surface area contributed by atoms with Crippen LogP contribution in [0.1, 0.15) is 36.9 Å². The summed E-state index contributed by atoms with van der Waals surface area (Å²) in [5, 5.41) is 6.19. The highest BCUT2D eigenvalue weighted by Crippen LogP contribution is 2.14. The molecule has 4 rings (SSSR count). The maximum absolute atomic E-state index is 12.5. The first kappa shape index (κ1) is 18.5. The van der Waals surface area contributed by atoms with E-state index in [1.54, 1.807) is 13.2 Å². The number of aromatic nitrogens is 4. The number of methoxy groups -OCH3 is 1. The topological polar surface area (TPSA) is 87.5 Å². The van der Waals surface area contributed by atoms with Gasteiger partial charge in [0, 0.05) is 19.2 Å². The highest BCUT2D eigenvalue weighted by molar-refractivity contribution is 5.38. The number of nitrogens with one attached hydrogen (secondary N) is 2. The van der Waals surface area contributed by atoms with Crippen LogP contribution < -0.4 is 15.6 Å². The Morgan fingerprint density at radius 1 is 1.11 bits per heavy atom. The van der Waals surface area contributed by atoms with Crippen LogP contribution >= 0.6 is 0 Å². The number of H-pyrrole nitrogens is 1. The van der Waals surface area contributed by atoms with Gasteiger partial charge in [0.2, 0.25) is 5.95 Å². The van der Waals surface area contributed by atoms with Crippen molar-refractivity contribution >= 4 is 11.7 Å². The van der Waals surface area contributed by atoms with Crippen molar-refractivity contribution in [2.45, 2.75) is 38.8 Å². The summed E-state index contributed by atoms with van der Waals surface area (Å²) in [6.45, 7) is 3.42. The Morgan fingerprint density at radius 2 is 1.86 bits per heavy atom. The molecule has 0 radical (unpaired) electrons. The highest BCUT2D eigenvalue weighted by atomic mass is 16.5. The summed E-state index contributed by atoms with van der Waals surface area (Å²) < 4.78 is 6.55. The summed E-state index contributed by atoms with van der Waals surface area (Å²) in [6.07, 6.45) is 4.99. The Kier molecular flexibility index (Phi) is 5.57. The number of benzene rings is 1. The summed E-state index contributed by atoms with van der Waals surface area (Å²) in [4.78, 5) is 23.9. The molecular weight excluding hydrogens is 356 g/mol. The predicted octanol–water partition coefficient (Wildman–Crippen LogP) is 2.41. The molecule has 0 bridgehead atoms. The average Bonchev–Trinajstić information content (AvgIpc) is 2.95. The molecule has 3 aromatic rings. The molecular formula is C20H26N6O2. The standard InChI is InChI=1S/C20H26N6O2/c1-28-17-8-6-15(7-9-17)13-21-19-23-20-22-16(12-18(27)26(20)24-19)14-25-10-4-2-3-5-11-25/h6-9,12H,2-5,10-11,13-14H2,1H3,(H2,21,22,23,24). The lowest BCUT2D eigenvalue weighted by Gasteiger charge is -2.18. The van der Waals surface area contributed by atoms with Crippen LogP contribution in [0.25, 0.3) is 5.78 Å². The van der Waals surface area contributed by atoms with Crippen molar-refractivity contribution in [1.82, 2.24) is 24.5 Å². The van der Waals surface area contributed by atoms with Crippen molar-refractivity contribution in [1.29, 1.82) is 0 Å². The zero-order valence-electron chi connectivity index (χ0n) is 16.1. The van der Waals surface area contributed by atoms with Crippen molar-refractivity contribution < 1.29 is 4.74 Å². The van der Waals surface area contributed by atoms with Crippen LogP contribution in [0.2, 0.25) is 0 Å². The number of rotatable bonds is 6. The number of likely N-dealkylation sites (tertiary alicyclic amines) is 1. The van der Waals surface area contributed by atoms with Gasteiger partial charge in [-0.05, 0) is 43.6 Å². The van der Waals surface area contributed by atoms with E-state index >= 15 is 0 Å². The molecule has 8 heteroatoms. The van der Waals surface area contributed by atoms with E-state index in [9.17, 15) is 4.79 Å². The van der Waals surface area contributed by atoms with Gasteiger partial charge in [-0.3, -0.25) is 14.8 Å². The van der Waals surface area contributed by atoms with Crippen LogP contribution in [0, 0.1) is 0 Å². The van der Waals surface area contributed by atoms with Crippen LogP contribution in [0.5, 0.6) is 5.75 Å². The molecule has 0 aliphatic carbocycles. The van der Waals surface area contributed by atoms with E-state index in [-0.39, 0.29) is 5.56 Å². The molecule has 28 heavy (non-hydrogen) atoms. The normalized spacial score (nSPS) is 15.5. The van der Waals surface area contributed by atoms with Crippen molar-refractivity contribution in [3.05, 3.63) is 51.9 Å². The lowest BCUT2D eigenvalue weighted by molar-refractivity contribution is 0.273. The molecule has 0 spiro atoms. The summed E-state index contributed by atoms with van der Waals surface area (Å²) in [6, 6.07) is 9.40. The largest absolute Gasteiger partial charge is 0.497 e. The zero-order chi connectivity index (χ0) is 19.3. The van der Waals surface area contributed by atoms with Crippen LogP contribution in [0.15, 0.2) is 35.1 Å². The molecule has 1 aromatic carbocycles. The van der Waals surface area contributed by atoms with Crippen molar-refractivity contribution in [2.75, 3.05) is 25.5 Å². The average molecular weight is 382 g/mol. The summed E-state index contributed by atoms with van der Waals surface area (Å²) in [5.41, 5.74) is 1.73. The Hall–Kier alpha value is -2.87. The second-order valence-corrected chi connectivity index (χ2v) is 7.19. The van der Waals surface area contributed by atoms with E-state index in [0.717, 1.165) is 30.1 Å². The van der Waals surface area contributed by atoms with Gasteiger partial charge < -0.3 is 10.1 Å². The van der Waals surface area contributed by atoms with Gasteiger partial charge in [-0.15, -0.1) is 0 Å². The molecule has 0 saturated carbocycles. The molecule has 2 aromatic heterocycles. The van der Waals surface area contributed by atoms with Gasteiger partial charge in [0.25, 0.3) is 11.3 Å². The number of nitrogens with zero attached hydrogens (tertiary/aromatic N) is 4. The summed E-state index contributed by atoms with van der Waals surface area (Å²) in [5.74, 6) is 1.74. The number of anilines is 1. The van der Waals surface area contributed by atoms with E-state index in [0.29, 0.717) is 24.8 Å². The second kappa shape index (κ2) is 8.43. The van der Waals surface area contributed by atoms with Gasteiger partial charge >= 0.3 is 0 Å². The Bertz CT molecular complexity index is 971. The molecule has 8 nitrogen and oxygen atoms in total. The van der Waals surface area contributed by atoms with Gasteiger partial charge in [-0.25, -0.2) is 4.98 Å². The van der Waals surface area contributed by atoms with Gasteiger partial charge in [-0.1, -0.05) is 25.0 Å². The SMILES string of the molecule is COc1ccc(CNc2nc3nc(CN4CCCCCC4)cc(=O)n3[nH]2)cc1. The summed E-state index contributed by atoms with van der Waals surface area (Å²) >= 11 is 0. The first-order valence-corrected chi connectivity index (χ1v) is 9.79. The third-order valence-electron chi connectivity index (χ3n) is 5.09. The Balaban J connectivity index is 1.46. The first-order valence-electron chi connectivity index (χ1n) is 9.79. The first-order chi connectivity index (χ1) is 13.7. The molecule has 1 saturated heterocycles. The molecule has 0 amide bonds. The van der Waals surface area contributed by atoms with Gasteiger partial charge in [0.15, 0.2) is 0 Å². The van der Waals surface area contributed by atoms with Crippen molar-refractivity contribution in [3.8, 4) is 5.75 Å². The number of ether oxygens (including phenoxy) is 1. The molecule has 0 atom stereocenters. The third kappa shape index (κ3) is 4.33. The highest BCUT2D eigenvalue weighted by Gasteiger charge is 2.13. The van der Waals surface area contributed by atoms with Gasteiger partial charge in [-0.2, -0.15) is 9.50 Å². The van der Waals surface area contributed by atoms with E-state index in [4.69, 9.17) is 4.74 Å². The smallest absolute Gasteiger partial charge is 0.274 e. The number of hydrogen-bond acceptors (Lipinski definition) is 6. The zero-order valence-corrected chi connectivity index (χ0v) is 16.1. The van der Waals surface area contributed by atoms with E-state index in [1.807, 2.05) is 24.3 Å². The fourth-order valence-corrected chi connectivity index (χ4v) is 3.54. The van der Waals surface area contributed by atoms with Crippen LogP contribution in [-0.4, -0.2) is 44.7 Å². The van der Waals surface area contributed by atoms with Crippen molar-refractivity contribution in [3.63, 3.8) is 0 Å². The summed E-state index contributed by atoms with van der Waals surface area (Å²) in [7, 11) is 1.65. The lowest BCUT2D eigenvalue weighted by Crippen LogP contribution is -2.26. The second-order valence-electron chi connectivity index (χ2n) is 7.19. The molecule has 0 unspecified atom stereocenters.